The largest absolute Gasteiger partial charge is 0.505 e. The summed E-state index contributed by atoms with van der Waals surface area (Å²) in [5.41, 5.74) is -0.357. The zero-order valence-electron chi connectivity index (χ0n) is 20.6. The summed E-state index contributed by atoms with van der Waals surface area (Å²) in [4.78, 5) is 11.4. The lowest BCUT2D eigenvalue weighted by Crippen LogP contribution is -2.14. The van der Waals surface area contributed by atoms with E-state index in [1.807, 2.05) is 0 Å². The summed E-state index contributed by atoms with van der Waals surface area (Å²) in [6.07, 6.45) is 0. The van der Waals surface area contributed by atoms with Crippen molar-refractivity contribution in [3.8, 4) is 5.75 Å². The maximum Gasteiger partial charge on any atom is 0.296 e. The summed E-state index contributed by atoms with van der Waals surface area (Å²) in [6.45, 7) is 1.58. The molecule has 0 fully saturated rings. The molecule has 0 spiro atoms. The molecule has 0 aliphatic rings. The number of nitrogens with zero attached hydrogens (tertiary/aromatic N) is 2. The van der Waals surface area contributed by atoms with Gasteiger partial charge in [-0.2, -0.15) is 16.8 Å². The second kappa shape index (κ2) is 11.9. The first kappa shape index (κ1) is 30.0. The minimum atomic E-state index is -4.90. The van der Waals surface area contributed by atoms with Crippen molar-refractivity contribution in [2.45, 2.75) is 21.6 Å². The number of aromatic hydroxyl groups is 1. The Kier molecular flexibility index (Phi) is 8.71. The molecular formula is C24H19N3O11S3. The molecule has 4 aromatic rings. The Morgan fingerprint density at radius 3 is 2.22 bits per heavy atom. The molecule has 0 heterocycles. The molecule has 4 rings (SSSR count). The van der Waals surface area contributed by atoms with Gasteiger partial charge in [-0.1, -0.05) is 29.3 Å². The van der Waals surface area contributed by atoms with Crippen LogP contribution in [0.4, 0.5) is 17.1 Å². The highest BCUT2D eigenvalue weighted by atomic mass is 32.2. The summed E-state index contributed by atoms with van der Waals surface area (Å²) < 4.78 is 71.9. The number of phenolic OH excluding ortho intramolecular Hbond substituents is 1. The van der Waals surface area contributed by atoms with Gasteiger partial charge in [0.15, 0.2) is 5.75 Å². The molecule has 0 saturated heterocycles. The minimum Gasteiger partial charge on any atom is -0.505 e. The van der Waals surface area contributed by atoms with Crippen LogP contribution in [-0.2, 0) is 29.6 Å². The predicted molar refractivity (Wildman–Crippen MR) is 146 cm³/mol. The van der Waals surface area contributed by atoms with Crippen LogP contribution < -0.4 is 5.32 Å². The maximum absolute atomic E-state index is 12.7. The molecule has 4 aromatic carbocycles. The van der Waals surface area contributed by atoms with Gasteiger partial charge >= 0.3 is 0 Å². The van der Waals surface area contributed by atoms with E-state index in [4.69, 9.17) is 5.26 Å². The van der Waals surface area contributed by atoms with E-state index in [0.29, 0.717) is 17.6 Å². The van der Waals surface area contributed by atoms with Crippen LogP contribution in [0.3, 0.4) is 0 Å². The molecule has 1 amide bonds. The van der Waals surface area contributed by atoms with Gasteiger partial charge < -0.3 is 10.4 Å². The molecular weight excluding hydrogens is 602 g/mol. The number of fused-ring (bicyclic) bond motifs is 1. The Labute approximate surface area is 236 Å². The number of phenols is 1. The molecule has 17 heteroatoms. The number of nitrogens with one attached hydrogen (secondary N) is 1. The topological polar surface area (TPSA) is 221 Å². The van der Waals surface area contributed by atoms with Gasteiger partial charge in [0.1, 0.15) is 21.2 Å². The lowest BCUT2D eigenvalue weighted by molar-refractivity contribution is -0.432. The van der Waals surface area contributed by atoms with Crippen molar-refractivity contribution in [2.75, 3.05) is 5.32 Å². The van der Waals surface area contributed by atoms with Gasteiger partial charge in [0, 0.05) is 10.9 Å². The molecule has 41 heavy (non-hydrogen) atoms. The molecule has 5 N–H and O–H groups in total. The van der Waals surface area contributed by atoms with E-state index >= 15 is 0 Å². The number of rotatable bonds is 9. The van der Waals surface area contributed by atoms with Gasteiger partial charge in [0.05, 0.1) is 22.6 Å². The zero-order chi connectivity index (χ0) is 29.9. The Morgan fingerprint density at radius 1 is 0.902 bits per heavy atom. The molecule has 0 saturated carbocycles. The van der Waals surface area contributed by atoms with E-state index in [9.17, 15) is 35.8 Å². The molecule has 0 atom stereocenters. The van der Waals surface area contributed by atoms with Crippen LogP contribution in [0.25, 0.3) is 10.8 Å². The first-order valence-electron chi connectivity index (χ1n) is 11.1. The van der Waals surface area contributed by atoms with Gasteiger partial charge in [0.25, 0.3) is 26.1 Å². The molecule has 0 aliphatic heterocycles. The summed E-state index contributed by atoms with van der Waals surface area (Å²) in [6, 6.07) is 15.0. The smallest absolute Gasteiger partial charge is 0.296 e. The lowest BCUT2D eigenvalue weighted by Gasteiger charge is -2.14. The van der Waals surface area contributed by atoms with Gasteiger partial charge in [-0.3, -0.25) is 13.9 Å². The van der Waals surface area contributed by atoms with E-state index in [1.165, 1.54) is 30.3 Å². The van der Waals surface area contributed by atoms with Crippen molar-refractivity contribution >= 4 is 66.0 Å². The van der Waals surface area contributed by atoms with E-state index in [1.54, 1.807) is 25.1 Å². The lowest BCUT2D eigenvalue weighted by atomic mass is 10.1. The molecule has 0 aliphatic carbocycles. The second-order valence-corrected chi connectivity index (χ2v) is 11.8. The third-order valence-electron chi connectivity index (χ3n) is 5.52. The Balaban J connectivity index is 1.92. The Morgan fingerprint density at radius 2 is 1.59 bits per heavy atom. The minimum absolute atomic E-state index is 0.00443. The highest BCUT2D eigenvalue weighted by Crippen LogP contribution is 2.46. The van der Waals surface area contributed by atoms with E-state index in [2.05, 4.69) is 24.9 Å². The summed E-state index contributed by atoms with van der Waals surface area (Å²) in [5.74, 6) is -1.36. The van der Waals surface area contributed by atoms with Crippen LogP contribution in [-0.4, -0.2) is 42.2 Å². The fraction of sp³-hybridized carbons (Fsp3) is 0.0417. The fourth-order valence-electron chi connectivity index (χ4n) is 3.70. The van der Waals surface area contributed by atoms with Crippen LogP contribution in [0.2, 0.25) is 0 Å². The first-order valence-corrected chi connectivity index (χ1v) is 14.7. The van der Waals surface area contributed by atoms with E-state index in [-0.39, 0.29) is 38.3 Å². The third-order valence-corrected chi connectivity index (χ3v) is 7.91. The number of anilines is 1. The SMILES string of the molecule is Cc1ccc(N=Nc2c(SOOO)cc3cc(S(=O)(=O)O)c(NC(=O)c4ccccc4)cc3c2O)c(S(=O)(=O)O)c1. The maximum atomic E-state index is 12.7. The number of amides is 1. The van der Waals surface area contributed by atoms with Crippen LogP contribution in [0, 0.1) is 6.92 Å². The number of benzene rings is 4. The van der Waals surface area contributed by atoms with Gasteiger partial charge in [-0.15, -0.1) is 14.6 Å². The Bertz CT molecular complexity index is 1900. The number of hydrogen-bond acceptors (Lipinski definition) is 12. The van der Waals surface area contributed by atoms with Gasteiger partial charge in [0.2, 0.25) is 0 Å². The number of aryl methyl sites for hydroxylation is 1. The zero-order valence-corrected chi connectivity index (χ0v) is 23.1. The third kappa shape index (κ3) is 6.87. The van der Waals surface area contributed by atoms with Crippen LogP contribution in [0.15, 0.2) is 91.6 Å². The number of carbonyl (C=O) groups is 1. The fourth-order valence-corrected chi connectivity index (χ4v) is 5.56. The van der Waals surface area contributed by atoms with Crippen molar-refractivity contribution in [3.05, 3.63) is 77.9 Å². The highest BCUT2D eigenvalue weighted by Gasteiger charge is 2.23. The average molecular weight is 622 g/mol. The number of hydrogen-bond donors (Lipinski definition) is 5. The van der Waals surface area contributed by atoms with Crippen LogP contribution in [0.5, 0.6) is 5.75 Å². The first-order chi connectivity index (χ1) is 19.3. The van der Waals surface area contributed by atoms with Crippen LogP contribution >= 0.6 is 12.0 Å². The van der Waals surface area contributed by atoms with Crippen molar-refractivity contribution in [2.24, 2.45) is 10.2 Å². The standard InChI is InChI=1S/C24H19N3O11S3/c1-13-7-8-17(20(9-13)40(31,32)33)26-27-22-19(39-38-37-30)10-15-11-21(41(34,35)36)18(12-16(15)23(22)28)25-24(29)14-5-3-2-4-6-14/h2-12,28,30H,1H3,(H,25,29)(H,31,32,33)(H,34,35,36). The van der Waals surface area contributed by atoms with Crippen molar-refractivity contribution < 1.29 is 50.5 Å². The van der Waals surface area contributed by atoms with Gasteiger partial charge in [-0.05, 0) is 60.3 Å². The Hall–Kier alpha value is -3.94. The molecule has 214 valence electrons. The van der Waals surface area contributed by atoms with Crippen LogP contribution in [0.1, 0.15) is 15.9 Å². The second-order valence-electron chi connectivity index (χ2n) is 8.31. The van der Waals surface area contributed by atoms with Crippen molar-refractivity contribution in [1.82, 2.24) is 0 Å². The quantitative estimate of drug-likeness (QED) is 0.0518. The molecule has 0 bridgehead atoms. The molecule has 0 aromatic heterocycles. The van der Waals surface area contributed by atoms with E-state index in [0.717, 1.165) is 18.2 Å². The highest BCUT2D eigenvalue weighted by molar-refractivity contribution is 7.94. The normalized spacial score (nSPS) is 12.2. The molecule has 14 nitrogen and oxygen atoms in total. The summed E-state index contributed by atoms with van der Waals surface area (Å²) in [7, 11) is -9.60. The summed E-state index contributed by atoms with van der Waals surface area (Å²) in [5, 5.41) is 33.4. The summed E-state index contributed by atoms with van der Waals surface area (Å²) >= 11 is 0.314. The number of carbonyl (C=O) groups excluding carboxylic acids is 1. The van der Waals surface area contributed by atoms with Crippen molar-refractivity contribution in [1.29, 1.82) is 0 Å². The average Bonchev–Trinajstić information content (AvgIpc) is 2.91. The monoisotopic (exact) mass is 621 g/mol. The van der Waals surface area contributed by atoms with E-state index < -0.39 is 41.7 Å². The number of azo groups is 1. The van der Waals surface area contributed by atoms with Gasteiger partial charge in [-0.25, -0.2) is 5.26 Å². The molecule has 0 radical (unpaired) electrons. The van der Waals surface area contributed by atoms with Crippen molar-refractivity contribution in [3.63, 3.8) is 0 Å². The predicted octanol–water partition coefficient (Wildman–Crippen LogP) is 5.44. The molecule has 0 unspecified atom stereocenters.